The van der Waals surface area contributed by atoms with Gasteiger partial charge in [-0.2, -0.15) is 0 Å². The predicted molar refractivity (Wildman–Crippen MR) is 129 cm³/mol. The van der Waals surface area contributed by atoms with Crippen molar-refractivity contribution < 1.29 is 19.1 Å². The molecule has 0 saturated heterocycles. The highest BCUT2D eigenvalue weighted by Gasteiger charge is 2.50. The summed E-state index contributed by atoms with van der Waals surface area (Å²) in [6.07, 6.45) is 0.122. The second-order valence-electron chi connectivity index (χ2n) is 9.01. The average molecular weight is 466 g/mol. The second kappa shape index (κ2) is 7.63. The molecule has 7 heteroatoms. The molecule has 0 aliphatic carbocycles. The van der Waals surface area contributed by atoms with Crippen LogP contribution < -0.4 is 5.56 Å². The Balaban J connectivity index is 1.52. The van der Waals surface area contributed by atoms with E-state index in [9.17, 15) is 14.4 Å². The molecule has 0 amide bonds. The molecule has 0 unspecified atom stereocenters. The second-order valence-corrected chi connectivity index (χ2v) is 9.01. The summed E-state index contributed by atoms with van der Waals surface area (Å²) in [5.41, 5.74) is 3.06. The Kier molecular flexibility index (Phi) is 4.64. The van der Waals surface area contributed by atoms with Crippen molar-refractivity contribution in [2.45, 2.75) is 39.0 Å². The zero-order valence-electron chi connectivity index (χ0n) is 19.3. The zero-order valence-corrected chi connectivity index (χ0v) is 19.3. The summed E-state index contributed by atoms with van der Waals surface area (Å²) < 4.78 is 12.9. The molecule has 0 fully saturated rings. The van der Waals surface area contributed by atoms with Crippen LogP contribution >= 0.6 is 0 Å². The highest BCUT2D eigenvalue weighted by atomic mass is 16.6. The first-order chi connectivity index (χ1) is 16.9. The van der Waals surface area contributed by atoms with Crippen LogP contribution in [0.1, 0.15) is 46.0 Å². The van der Waals surface area contributed by atoms with Gasteiger partial charge in [0.25, 0.3) is 5.56 Å². The minimum atomic E-state index is -1.72. The molecule has 2 aliphatic rings. The van der Waals surface area contributed by atoms with Crippen molar-refractivity contribution in [2.24, 2.45) is 0 Å². The lowest BCUT2D eigenvalue weighted by molar-refractivity contribution is -0.173. The van der Waals surface area contributed by atoms with Crippen molar-refractivity contribution in [1.29, 1.82) is 0 Å². The lowest BCUT2D eigenvalue weighted by Crippen LogP contribution is -2.47. The van der Waals surface area contributed by atoms with E-state index in [-0.39, 0.29) is 18.6 Å². The topological polar surface area (TPSA) is 87.5 Å². The fourth-order valence-electron chi connectivity index (χ4n) is 4.99. The third-order valence-corrected chi connectivity index (χ3v) is 6.94. The number of pyridine rings is 2. The number of ether oxygens (including phenoxy) is 2. The normalized spacial score (nSPS) is 17.9. The molecule has 7 nitrogen and oxygen atoms in total. The third-order valence-electron chi connectivity index (χ3n) is 6.94. The lowest BCUT2D eigenvalue weighted by Gasteiger charge is -2.35. The van der Waals surface area contributed by atoms with Crippen molar-refractivity contribution in [1.82, 2.24) is 9.55 Å². The van der Waals surface area contributed by atoms with Crippen molar-refractivity contribution in [3.8, 4) is 11.4 Å². The maximum atomic E-state index is 13.6. The number of aryl methyl sites for hydroxylation is 1. The minimum absolute atomic E-state index is 0.122. The van der Waals surface area contributed by atoms with Crippen LogP contribution in [0.25, 0.3) is 22.3 Å². The van der Waals surface area contributed by atoms with E-state index in [2.05, 4.69) is 0 Å². The van der Waals surface area contributed by atoms with Crippen LogP contribution in [0.3, 0.4) is 0 Å². The van der Waals surface area contributed by atoms with E-state index in [1.165, 1.54) is 0 Å². The smallest absolute Gasteiger partial charge is 0.355 e. The quantitative estimate of drug-likeness (QED) is 0.370. The number of hydrogen-bond donors (Lipinski definition) is 0. The summed E-state index contributed by atoms with van der Waals surface area (Å²) in [5.74, 6) is -1.33. The van der Waals surface area contributed by atoms with Gasteiger partial charge in [-0.05, 0) is 43.7 Å². The molecular weight excluding hydrogens is 444 g/mol. The van der Waals surface area contributed by atoms with Crippen molar-refractivity contribution >= 4 is 22.8 Å². The van der Waals surface area contributed by atoms with Gasteiger partial charge in [-0.3, -0.25) is 4.79 Å². The number of aromatic nitrogens is 2. The maximum absolute atomic E-state index is 13.6. The van der Waals surface area contributed by atoms with Crippen molar-refractivity contribution in [3.05, 3.63) is 98.8 Å². The Hall–Kier alpha value is -4.26. The lowest BCUT2D eigenvalue weighted by atomic mass is 9.85. The molecule has 4 heterocycles. The van der Waals surface area contributed by atoms with Crippen LogP contribution in [-0.2, 0) is 33.0 Å². The van der Waals surface area contributed by atoms with Gasteiger partial charge in [0.1, 0.15) is 6.61 Å². The van der Waals surface area contributed by atoms with Crippen LogP contribution in [0.15, 0.2) is 65.5 Å². The van der Waals surface area contributed by atoms with Gasteiger partial charge in [0.15, 0.2) is 0 Å². The number of esters is 2. The van der Waals surface area contributed by atoms with Gasteiger partial charge in [0.05, 0.1) is 34.6 Å². The fourth-order valence-corrected chi connectivity index (χ4v) is 4.99. The first-order valence-corrected chi connectivity index (χ1v) is 11.5. The molecule has 0 N–H and O–H groups in total. The van der Waals surface area contributed by atoms with E-state index in [4.69, 9.17) is 14.5 Å². The average Bonchev–Trinajstić information content (AvgIpc) is 3.22. The number of fused-ring (bicyclic) bond motifs is 5. The standard InChI is InChI=1S/C28H22N2O5/c1-3-28(35-26(32)17-10-8-16(2)9-11-17)21-13-23-24-19(12-18-6-4-5-7-22(18)29-24)14-30(23)25(31)20(21)15-34-27(28)33/h4-13H,3,14-15H2,1-2H3/t28-/m0/s1. The monoisotopic (exact) mass is 466 g/mol. The number of carbonyl (C=O) groups excluding carboxylic acids is 2. The van der Waals surface area contributed by atoms with Crippen LogP contribution in [0.5, 0.6) is 0 Å². The fraction of sp³-hybridized carbons (Fsp3) is 0.214. The summed E-state index contributed by atoms with van der Waals surface area (Å²) in [6.45, 7) is 3.87. The van der Waals surface area contributed by atoms with E-state index in [1.54, 1.807) is 41.8 Å². The summed E-state index contributed by atoms with van der Waals surface area (Å²) in [7, 11) is 0. The summed E-state index contributed by atoms with van der Waals surface area (Å²) in [4.78, 5) is 44.6. The van der Waals surface area contributed by atoms with Gasteiger partial charge in [-0.1, -0.05) is 42.8 Å². The Morgan fingerprint density at radius 3 is 2.66 bits per heavy atom. The molecule has 0 spiro atoms. The molecule has 2 aliphatic heterocycles. The maximum Gasteiger partial charge on any atom is 0.355 e. The number of benzene rings is 2. The Morgan fingerprint density at radius 1 is 1.11 bits per heavy atom. The van der Waals surface area contributed by atoms with E-state index in [0.717, 1.165) is 22.0 Å². The van der Waals surface area contributed by atoms with Crippen LogP contribution in [0.2, 0.25) is 0 Å². The van der Waals surface area contributed by atoms with Crippen LogP contribution in [-0.4, -0.2) is 21.5 Å². The molecule has 0 radical (unpaired) electrons. The SMILES string of the molecule is CC[C@@]1(OC(=O)c2ccc(C)cc2)C(=O)OCc2c1cc1n(c2=O)Cc2cc3ccccc3nc2-1. The van der Waals surface area contributed by atoms with Gasteiger partial charge in [-0.15, -0.1) is 0 Å². The molecule has 4 aromatic rings. The van der Waals surface area contributed by atoms with E-state index in [1.807, 2.05) is 37.3 Å². The van der Waals surface area contributed by atoms with E-state index < -0.39 is 17.5 Å². The molecule has 2 aromatic carbocycles. The molecular formula is C28H22N2O5. The predicted octanol–water partition coefficient (Wildman–Crippen LogP) is 4.25. The Bertz CT molecular complexity index is 1600. The zero-order chi connectivity index (χ0) is 24.3. The summed E-state index contributed by atoms with van der Waals surface area (Å²) in [5, 5.41) is 0.991. The van der Waals surface area contributed by atoms with Crippen LogP contribution in [0, 0.1) is 6.92 Å². The number of hydrogen-bond acceptors (Lipinski definition) is 6. The van der Waals surface area contributed by atoms with Crippen LogP contribution in [0.4, 0.5) is 0 Å². The molecule has 174 valence electrons. The van der Waals surface area contributed by atoms with E-state index >= 15 is 0 Å². The summed E-state index contributed by atoms with van der Waals surface area (Å²) in [6, 6.07) is 18.5. The Labute approximate surface area is 200 Å². The number of carbonyl (C=O) groups is 2. The van der Waals surface area contributed by atoms with Gasteiger partial charge in [0, 0.05) is 16.5 Å². The first kappa shape index (κ1) is 21.3. The van der Waals surface area contributed by atoms with Gasteiger partial charge in [0.2, 0.25) is 5.60 Å². The van der Waals surface area contributed by atoms with Crippen molar-refractivity contribution in [2.75, 3.05) is 0 Å². The first-order valence-electron chi connectivity index (χ1n) is 11.5. The van der Waals surface area contributed by atoms with Crippen molar-refractivity contribution in [3.63, 3.8) is 0 Å². The summed E-state index contributed by atoms with van der Waals surface area (Å²) >= 11 is 0. The molecule has 2 aromatic heterocycles. The molecule has 0 saturated carbocycles. The van der Waals surface area contributed by atoms with E-state index in [0.29, 0.717) is 34.6 Å². The van der Waals surface area contributed by atoms with Gasteiger partial charge in [-0.25, -0.2) is 14.6 Å². The molecule has 1 atom stereocenters. The number of cyclic esters (lactones) is 1. The number of para-hydroxylation sites is 1. The Morgan fingerprint density at radius 2 is 1.89 bits per heavy atom. The largest absolute Gasteiger partial charge is 0.457 e. The van der Waals surface area contributed by atoms with Gasteiger partial charge < -0.3 is 14.0 Å². The number of rotatable bonds is 3. The molecule has 6 rings (SSSR count). The highest BCUT2D eigenvalue weighted by Crippen LogP contribution is 2.41. The number of nitrogens with zero attached hydrogens (tertiary/aromatic N) is 2. The third kappa shape index (κ3) is 3.11. The minimum Gasteiger partial charge on any atom is -0.457 e. The molecule has 0 bridgehead atoms. The highest BCUT2D eigenvalue weighted by molar-refractivity contribution is 5.94. The van der Waals surface area contributed by atoms with Gasteiger partial charge >= 0.3 is 11.9 Å². The molecule has 35 heavy (non-hydrogen) atoms.